The molecule has 0 aliphatic rings. The minimum atomic E-state index is -0.0543. The molecule has 9 heteroatoms. The Kier molecular flexibility index (Phi) is 6.40. The Bertz CT molecular complexity index is 984. The van der Waals surface area contributed by atoms with E-state index in [4.69, 9.17) is 21.5 Å². The highest BCUT2D eigenvalue weighted by molar-refractivity contribution is 7.80. The number of methoxy groups -OCH3 is 1. The molecule has 0 aliphatic heterocycles. The van der Waals surface area contributed by atoms with E-state index in [1.54, 1.807) is 45.5 Å². The molecule has 0 unspecified atom stereocenters. The third-order valence-corrected chi connectivity index (χ3v) is 4.26. The van der Waals surface area contributed by atoms with Gasteiger partial charge >= 0.3 is 0 Å². The van der Waals surface area contributed by atoms with Crippen molar-refractivity contribution in [3.63, 3.8) is 0 Å². The van der Waals surface area contributed by atoms with E-state index in [1.807, 2.05) is 24.3 Å². The van der Waals surface area contributed by atoms with Crippen molar-refractivity contribution in [2.75, 3.05) is 26.5 Å². The van der Waals surface area contributed by atoms with Crippen LogP contribution in [0.15, 0.2) is 53.1 Å². The van der Waals surface area contributed by atoms with Gasteiger partial charge in [-0.15, -0.1) is 0 Å². The Morgan fingerprint density at radius 2 is 1.83 bits per heavy atom. The van der Waals surface area contributed by atoms with Gasteiger partial charge in [0.25, 0.3) is 5.91 Å². The largest absolute Gasteiger partial charge is 0.497 e. The summed E-state index contributed by atoms with van der Waals surface area (Å²) >= 11 is 5.29. The Hall–Kier alpha value is -3.46. The van der Waals surface area contributed by atoms with Crippen LogP contribution in [0.2, 0.25) is 0 Å². The molecule has 0 fully saturated rings. The van der Waals surface area contributed by atoms with E-state index in [1.165, 1.54) is 4.90 Å². The normalized spacial score (nSPS) is 10.3. The average Bonchev–Trinajstić information content (AvgIpc) is 3.21. The monoisotopic (exact) mass is 411 g/mol. The van der Waals surface area contributed by atoms with Crippen molar-refractivity contribution < 1.29 is 14.1 Å². The third kappa shape index (κ3) is 5.29. The van der Waals surface area contributed by atoms with Gasteiger partial charge in [-0.3, -0.25) is 4.79 Å². The van der Waals surface area contributed by atoms with Crippen LogP contribution in [-0.2, 0) is 6.54 Å². The van der Waals surface area contributed by atoms with Gasteiger partial charge in [0.1, 0.15) is 5.75 Å². The molecule has 8 nitrogen and oxygen atoms in total. The maximum absolute atomic E-state index is 11.9. The maximum atomic E-state index is 11.9. The second kappa shape index (κ2) is 9.16. The fourth-order valence-electron chi connectivity index (χ4n) is 2.47. The molecular formula is C20H21N5O3S. The Balaban J connectivity index is 1.53. The zero-order valence-electron chi connectivity index (χ0n) is 16.3. The number of aromatic nitrogens is 2. The number of nitrogens with zero attached hydrogens (tertiary/aromatic N) is 3. The molecule has 0 radical (unpaired) electrons. The van der Waals surface area contributed by atoms with Gasteiger partial charge in [-0.2, -0.15) is 4.98 Å². The van der Waals surface area contributed by atoms with Crippen LogP contribution in [-0.4, -0.2) is 47.3 Å². The predicted molar refractivity (Wildman–Crippen MR) is 114 cm³/mol. The van der Waals surface area contributed by atoms with Gasteiger partial charge in [0.15, 0.2) is 5.11 Å². The highest BCUT2D eigenvalue weighted by atomic mass is 32.1. The van der Waals surface area contributed by atoms with E-state index < -0.39 is 0 Å². The quantitative estimate of drug-likeness (QED) is 0.598. The van der Waals surface area contributed by atoms with E-state index in [-0.39, 0.29) is 12.5 Å². The number of amides is 1. The Morgan fingerprint density at radius 1 is 1.14 bits per heavy atom. The molecule has 1 heterocycles. The van der Waals surface area contributed by atoms with Crippen LogP contribution >= 0.6 is 12.2 Å². The van der Waals surface area contributed by atoms with E-state index in [0.29, 0.717) is 22.4 Å². The number of benzene rings is 2. The molecule has 0 atom stereocenters. The summed E-state index contributed by atoms with van der Waals surface area (Å²) in [6, 6.07) is 14.5. The first kappa shape index (κ1) is 20.3. The van der Waals surface area contributed by atoms with Gasteiger partial charge in [-0.05, 0) is 60.7 Å². The minimum absolute atomic E-state index is 0.0543. The number of hydrogen-bond acceptors (Lipinski definition) is 6. The van der Waals surface area contributed by atoms with Crippen LogP contribution in [0.5, 0.6) is 5.75 Å². The summed E-state index contributed by atoms with van der Waals surface area (Å²) in [5.74, 6) is 1.60. The van der Waals surface area contributed by atoms with Crippen LogP contribution in [0.1, 0.15) is 16.2 Å². The molecule has 2 N–H and O–H groups in total. The molecule has 0 bridgehead atoms. The van der Waals surface area contributed by atoms with Crippen LogP contribution < -0.4 is 15.4 Å². The summed E-state index contributed by atoms with van der Waals surface area (Å²) in [6.45, 7) is 0.284. The number of anilines is 1. The third-order valence-electron chi connectivity index (χ3n) is 4.01. The van der Waals surface area contributed by atoms with Crippen molar-refractivity contribution in [1.29, 1.82) is 0 Å². The molecule has 3 aromatic rings. The number of hydrogen-bond donors (Lipinski definition) is 2. The molecule has 150 valence electrons. The minimum Gasteiger partial charge on any atom is -0.497 e. The fraction of sp³-hybridized carbons (Fsp3) is 0.200. The summed E-state index contributed by atoms with van der Waals surface area (Å²) in [5, 5.41) is 10.4. The van der Waals surface area contributed by atoms with Gasteiger partial charge in [0.2, 0.25) is 11.7 Å². The van der Waals surface area contributed by atoms with E-state index >= 15 is 0 Å². The number of thiocarbonyl (C=S) groups is 1. The molecule has 0 saturated carbocycles. The number of rotatable bonds is 6. The average molecular weight is 411 g/mol. The van der Waals surface area contributed by atoms with Crippen molar-refractivity contribution in [1.82, 2.24) is 20.4 Å². The molecular weight excluding hydrogens is 390 g/mol. The van der Waals surface area contributed by atoms with Crippen molar-refractivity contribution in [2.24, 2.45) is 0 Å². The molecule has 0 spiro atoms. The molecule has 1 aromatic heterocycles. The summed E-state index contributed by atoms with van der Waals surface area (Å²) < 4.78 is 10.4. The predicted octanol–water partition coefficient (Wildman–Crippen LogP) is 2.93. The van der Waals surface area contributed by atoms with Crippen molar-refractivity contribution in [2.45, 2.75) is 6.54 Å². The fourth-order valence-corrected chi connectivity index (χ4v) is 2.66. The highest BCUT2D eigenvalue weighted by Crippen LogP contribution is 2.19. The summed E-state index contributed by atoms with van der Waals surface area (Å²) in [4.78, 5) is 17.8. The first-order valence-electron chi connectivity index (χ1n) is 8.80. The zero-order valence-corrected chi connectivity index (χ0v) is 17.1. The number of carbonyl (C=O) groups excluding carboxylic acids is 1. The number of nitrogens with one attached hydrogen (secondary N) is 2. The Labute approximate surface area is 173 Å². The molecule has 29 heavy (non-hydrogen) atoms. The zero-order chi connectivity index (χ0) is 20.8. The van der Waals surface area contributed by atoms with Gasteiger partial charge in [-0.25, -0.2) is 0 Å². The second-order valence-electron chi connectivity index (χ2n) is 6.32. The molecule has 0 saturated heterocycles. The maximum Gasteiger partial charge on any atom is 0.253 e. The van der Waals surface area contributed by atoms with Gasteiger partial charge < -0.3 is 24.8 Å². The van der Waals surface area contributed by atoms with Crippen molar-refractivity contribution in [3.8, 4) is 17.1 Å². The number of ether oxygens (including phenoxy) is 1. The van der Waals surface area contributed by atoms with Gasteiger partial charge in [0.05, 0.1) is 13.7 Å². The highest BCUT2D eigenvalue weighted by Gasteiger charge is 2.10. The standard InChI is InChI=1S/C20H21N5O3S/c1-25(2)19(26)14-4-8-15(9-5-14)22-20(29)21-12-17-23-18(24-28-17)13-6-10-16(27-3)11-7-13/h4-11H,12H2,1-3H3,(H2,21,22,29). The summed E-state index contributed by atoms with van der Waals surface area (Å²) in [5.41, 5.74) is 2.20. The first-order chi connectivity index (χ1) is 14.0. The van der Waals surface area contributed by atoms with Crippen molar-refractivity contribution >= 4 is 28.9 Å². The van der Waals surface area contributed by atoms with Crippen LogP contribution in [0.3, 0.4) is 0 Å². The Morgan fingerprint density at radius 3 is 2.45 bits per heavy atom. The van der Waals surface area contributed by atoms with E-state index in [9.17, 15) is 4.79 Å². The van der Waals surface area contributed by atoms with Crippen LogP contribution in [0, 0.1) is 0 Å². The van der Waals surface area contributed by atoms with Crippen LogP contribution in [0.25, 0.3) is 11.4 Å². The molecule has 2 aromatic carbocycles. The lowest BCUT2D eigenvalue weighted by Crippen LogP contribution is -2.28. The molecule has 1 amide bonds. The van der Waals surface area contributed by atoms with Crippen LogP contribution in [0.4, 0.5) is 5.69 Å². The van der Waals surface area contributed by atoms with Crippen molar-refractivity contribution in [3.05, 3.63) is 60.0 Å². The van der Waals surface area contributed by atoms with E-state index in [0.717, 1.165) is 17.0 Å². The summed E-state index contributed by atoms with van der Waals surface area (Å²) in [7, 11) is 5.04. The smallest absolute Gasteiger partial charge is 0.253 e. The SMILES string of the molecule is COc1ccc(-c2noc(CNC(=S)Nc3ccc(C(=O)N(C)C)cc3)n2)cc1. The lowest BCUT2D eigenvalue weighted by atomic mass is 10.2. The first-order valence-corrected chi connectivity index (χ1v) is 9.20. The summed E-state index contributed by atoms with van der Waals surface area (Å²) in [6.07, 6.45) is 0. The second-order valence-corrected chi connectivity index (χ2v) is 6.73. The van der Waals surface area contributed by atoms with Gasteiger partial charge in [0, 0.05) is 30.9 Å². The topological polar surface area (TPSA) is 92.5 Å². The molecule has 0 aliphatic carbocycles. The van der Waals surface area contributed by atoms with Gasteiger partial charge in [-0.1, -0.05) is 5.16 Å². The lowest BCUT2D eigenvalue weighted by molar-refractivity contribution is 0.0827. The van der Waals surface area contributed by atoms with E-state index in [2.05, 4.69) is 20.8 Å². The lowest BCUT2D eigenvalue weighted by Gasteiger charge is -2.12. The molecule has 3 rings (SSSR count). The number of carbonyl (C=O) groups is 1.